The zero-order valence-electron chi connectivity index (χ0n) is 21.1. The Morgan fingerprint density at radius 1 is 0.895 bits per heavy atom. The maximum atomic E-state index is 11.7. The number of hydrogen-bond donors (Lipinski definition) is 1. The van der Waals surface area contributed by atoms with E-state index in [-0.39, 0.29) is 5.78 Å². The molecule has 1 aliphatic rings. The van der Waals surface area contributed by atoms with Crippen molar-refractivity contribution < 1.29 is 9.90 Å². The van der Waals surface area contributed by atoms with Gasteiger partial charge in [0.05, 0.1) is 0 Å². The summed E-state index contributed by atoms with van der Waals surface area (Å²) in [4.78, 5) is 19.0. The number of hydrogen-bond acceptors (Lipinski definition) is 6. The minimum atomic E-state index is -0.466. The number of fused-ring (bicyclic) bond motifs is 1. The monoisotopic (exact) mass is 506 g/mol. The normalized spacial score (nSPS) is 14.8. The summed E-state index contributed by atoms with van der Waals surface area (Å²) >= 11 is 0. The lowest BCUT2D eigenvalue weighted by atomic mass is 9.90. The minimum Gasteiger partial charge on any atom is -0.388 e. The summed E-state index contributed by atoms with van der Waals surface area (Å²) in [7, 11) is 0. The van der Waals surface area contributed by atoms with Gasteiger partial charge < -0.3 is 9.67 Å². The smallest absolute Gasteiger partial charge is 0.188 e. The van der Waals surface area contributed by atoms with Crippen molar-refractivity contribution >= 4 is 16.8 Å². The van der Waals surface area contributed by atoms with Crippen LogP contribution in [0.4, 0.5) is 0 Å². The fourth-order valence-electron chi connectivity index (χ4n) is 5.32. The molecule has 0 spiro atoms. The highest BCUT2D eigenvalue weighted by Gasteiger charge is 2.21. The van der Waals surface area contributed by atoms with E-state index in [0.29, 0.717) is 18.0 Å². The van der Waals surface area contributed by atoms with Gasteiger partial charge in [-0.15, -0.1) is 10.2 Å². The second-order valence-electron chi connectivity index (χ2n) is 9.99. The van der Waals surface area contributed by atoms with E-state index in [1.165, 1.54) is 11.1 Å². The average molecular weight is 507 g/mol. The number of ketones is 1. The molecule has 0 amide bonds. The summed E-state index contributed by atoms with van der Waals surface area (Å²) in [5, 5.41) is 17.9. The van der Waals surface area contributed by atoms with E-state index in [1.54, 1.807) is 24.8 Å². The maximum Gasteiger partial charge on any atom is 0.188 e. The molecule has 6 rings (SSSR count). The van der Waals surface area contributed by atoms with Crippen molar-refractivity contribution in [1.29, 1.82) is 0 Å². The Labute approximate surface area is 221 Å². The first-order valence-corrected chi connectivity index (χ1v) is 13.0. The maximum absolute atomic E-state index is 11.7. The van der Waals surface area contributed by atoms with E-state index >= 15 is 0 Å². The molecule has 192 valence electrons. The van der Waals surface area contributed by atoms with Gasteiger partial charge in [-0.25, -0.2) is 4.98 Å². The van der Waals surface area contributed by atoms with Gasteiger partial charge in [0.1, 0.15) is 24.9 Å². The topological polar surface area (TPSA) is 89.1 Å². The second-order valence-corrected chi connectivity index (χ2v) is 9.99. The summed E-state index contributed by atoms with van der Waals surface area (Å²) < 4.78 is 4.05. The molecule has 3 aromatic heterocycles. The molecule has 0 bridgehead atoms. The standard InChI is InChI=1S/C30H30N6O2/c37-19-29(38)25-5-1-23(2-6-25)18-35-14-11-26-15-27(16-31-30(26)35)24-9-12-34(13-10-24)17-22-3-7-28(8-4-22)36-20-32-33-21-36/h1-8,11,14-16,20-21,24,37H,9-10,12-13,17-19H2. The Bertz CT molecular complexity index is 1520. The van der Waals surface area contributed by atoms with Crippen LogP contribution in [0.3, 0.4) is 0 Å². The lowest BCUT2D eigenvalue weighted by Crippen LogP contribution is -2.32. The summed E-state index contributed by atoms with van der Waals surface area (Å²) in [6, 6.07) is 20.4. The molecular weight excluding hydrogens is 476 g/mol. The van der Waals surface area contributed by atoms with Crippen molar-refractivity contribution in [3.63, 3.8) is 0 Å². The quantitative estimate of drug-likeness (QED) is 0.317. The highest BCUT2D eigenvalue weighted by atomic mass is 16.3. The van der Waals surface area contributed by atoms with Crippen LogP contribution in [0.25, 0.3) is 16.7 Å². The molecule has 8 heteroatoms. The predicted molar refractivity (Wildman–Crippen MR) is 145 cm³/mol. The lowest BCUT2D eigenvalue weighted by molar-refractivity contribution is 0.0903. The van der Waals surface area contributed by atoms with Crippen molar-refractivity contribution in [2.24, 2.45) is 0 Å². The second kappa shape index (κ2) is 10.7. The largest absolute Gasteiger partial charge is 0.388 e. The van der Waals surface area contributed by atoms with Crippen LogP contribution >= 0.6 is 0 Å². The van der Waals surface area contributed by atoms with E-state index in [2.05, 4.69) is 62.3 Å². The summed E-state index contributed by atoms with van der Waals surface area (Å²) in [5.74, 6) is 0.264. The summed E-state index contributed by atoms with van der Waals surface area (Å²) in [5.41, 5.74) is 6.30. The Kier molecular flexibility index (Phi) is 6.81. The van der Waals surface area contributed by atoms with Crippen molar-refractivity contribution in [2.75, 3.05) is 19.7 Å². The van der Waals surface area contributed by atoms with E-state index in [9.17, 15) is 4.79 Å². The lowest BCUT2D eigenvalue weighted by Gasteiger charge is -2.32. The highest BCUT2D eigenvalue weighted by molar-refractivity contribution is 5.96. The van der Waals surface area contributed by atoms with Crippen molar-refractivity contribution in [3.05, 3.63) is 108 Å². The molecule has 1 aliphatic heterocycles. The first-order valence-electron chi connectivity index (χ1n) is 13.0. The third-order valence-corrected chi connectivity index (χ3v) is 7.51. The number of aliphatic hydroxyl groups is 1. The number of benzene rings is 2. The first kappa shape index (κ1) is 24.2. The molecule has 38 heavy (non-hydrogen) atoms. The highest BCUT2D eigenvalue weighted by Crippen LogP contribution is 2.30. The minimum absolute atomic E-state index is 0.263. The van der Waals surface area contributed by atoms with Gasteiger partial charge in [0, 0.05) is 42.1 Å². The van der Waals surface area contributed by atoms with E-state index in [0.717, 1.165) is 54.8 Å². The fourth-order valence-corrected chi connectivity index (χ4v) is 5.32. The van der Waals surface area contributed by atoms with Gasteiger partial charge in [0.2, 0.25) is 0 Å². The summed E-state index contributed by atoms with van der Waals surface area (Å²) in [6.45, 7) is 3.33. The number of piperidine rings is 1. The molecule has 4 heterocycles. The van der Waals surface area contributed by atoms with Crippen LogP contribution < -0.4 is 0 Å². The van der Waals surface area contributed by atoms with Gasteiger partial charge in [-0.1, -0.05) is 36.4 Å². The van der Waals surface area contributed by atoms with Crippen LogP contribution in [-0.2, 0) is 13.1 Å². The van der Waals surface area contributed by atoms with E-state index in [1.807, 2.05) is 22.9 Å². The number of nitrogens with zero attached hydrogens (tertiary/aromatic N) is 6. The molecule has 0 radical (unpaired) electrons. The third kappa shape index (κ3) is 5.14. The Morgan fingerprint density at radius 3 is 2.29 bits per heavy atom. The van der Waals surface area contributed by atoms with Crippen LogP contribution in [0.2, 0.25) is 0 Å². The van der Waals surface area contributed by atoms with Crippen molar-refractivity contribution in [2.45, 2.75) is 31.8 Å². The van der Waals surface area contributed by atoms with Crippen LogP contribution in [0, 0.1) is 0 Å². The molecule has 0 atom stereocenters. The van der Waals surface area contributed by atoms with Crippen LogP contribution in [-0.4, -0.2) is 59.8 Å². The van der Waals surface area contributed by atoms with Crippen LogP contribution in [0.1, 0.15) is 45.8 Å². The molecule has 1 saturated heterocycles. The number of likely N-dealkylation sites (tertiary alicyclic amines) is 1. The first-order chi connectivity index (χ1) is 18.7. The number of aromatic nitrogens is 5. The molecule has 5 aromatic rings. The molecule has 0 aliphatic carbocycles. The van der Waals surface area contributed by atoms with Crippen molar-refractivity contribution in [1.82, 2.24) is 29.2 Å². The van der Waals surface area contributed by atoms with E-state index in [4.69, 9.17) is 10.1 Å². The number of carbonyl (C=O) groups excluding carboxylic acids is 1. The Hall–Kier alpha value is -4.14. The molecule has 1 N–H and O–H groups in total. The molecule has 2 aromatic carbocycles. The van der Waals surface area contributed by atoms with Gasteiger partial charge in [0.25, 0.3) is 0 Å². The van der Waals surface area contributed by atoms with Gasteiger partial charge in [-0.3, -0.25) is 14.3 Å². The van der Waals surface area contributed by atoms with Crippen LogP contribution in [0.15, 0.2) is 85.7 Å². The number of pyridine rings is 1. The third-order valence-electron chi connectivity index (χ3n) is 7.51. The Balaban J connectivity index is 1.06. The predicted octanol–water partition coefficient (Wildman–Crippen LogP) is 4.22. The van der Waals surface area contributed by atoms with Gasteiger partial charge >= 0.3 is 0 Å². The molecule has 0 unspecified atom stereocenters. The average Bonchev–Trinajstić information content (AvgIpc) is 3.64. The molecule has 8 nitrogen and oxygen atoms in total. The SMILES string of the molecule is O=C(CO)c1ccc(Cn2ccc3cc(C4CCN(Cc5ccc(-n6cnnc6)cc5)CC4)cnc32)cc1. The molecule has 0 saturated carbocycles. The zero-order valence-corrected chi connectivity index (χ0v) is 21.1. The van der Waals surface area contributed by atoms with Crippen LogP contribution in [0.5, 0.6) is 0 Å². The number of Topliss-reactive ketones (excluding diaryl/α,β-unsaturated/α-hetero) is 1. The van der Waals surface area contributed by atoms with Gasteiger partial charge in [0.15, 0.2) is 5.78 Å². The fraction of sp³-hybridized carbons (Fsp3) is 0.267. The van der Waals surface area contributed by atoms with E-state index < -0.39 is 6.61 Å². The van der Waals surface area contributed by atoms with Crippen molar-refractivity contribution in [3.8, 4) is 5.69 Å². The molecule has 1 fully saturated rings. The van der Waals surface area contributed by atoms with Gasteiger partial charge in [-0.2, -0.15) is 0 Å². The Morgan fingerprint density at radius 2 is 1.58 bits per heavy atom. The van der Waals surface area contributed by atoms with Gasteiger partial charge in [-0.05, 0) is 72.8 Å². The summed E-state index contributed by atoms with van der Waals surface area (Å²) in [6.07, 6.45) is 9.81. The zero-order chi connectivity index (χ0) is 25.9. The number of aliphatic hydroxyl groups excluding tert-OH is 1. The number of carbonyl (C=O) groups is 1. The molecular formula is C30H30N6O2. The number of rotatable bonds is 8.